The molecule has 0 fully saturated rings. The van der Waals surface area contributed by atoms with Gasteiger partial charge in [-0.1, -0.05) is 41.4 Å². The number of rotatable bonds is 15. The van der Waals surface area contributed by atoms with Crippen LogP contribution in [-0.4, -0.2) is 39.0 Å². The highest BCUT2D eigenvalue weighted by Gasteiger charge is 2.30. The fourth-order valence-electron chi connectivity index (χ4n) is 4.94. The zero-order chi connectivity index (χ0) is 30.2. The largest absolute Gasteiger partial charge is 0.748 e. The molecule has 0 unspecified atom stereocenters. The number of fused-ring (bicyclic) bond motifs is 2. The minimum atomic E-state index is -4.30. The van der Waals surface area contributed by atoms with Gasteiger partial charge in [0, 0.05) is 31.6 Å². The summed E-state index contributed by atoms with van der Waals surface area (Å²) in [6, 6.07) is 21.5. The molecule has 5 rings (SSSR count). The van der Waals surface area contributed by atoms with Crippen molar-refractivity contribution in [3.63, 3.8) is 0 Å². The van der Waals surface area contributed by atoms with Crippen molar-refractivity contribution in [1.29, 1.82) is 0 Å². The average Bonchev–Trinajstić information content (AvgIpc) is 3.53. The summed E-state index contributed by atoms with van der Waals surface area (Å²) in [7, 11) is -2.69. The van der Waals surface area contributed by atoms with Crippen LogP contribution in [0.2, 0.25) is 0 Å². The van der Waals surface area contributed by atoms with Gasteiger partial charge in [0.2, 0.25) is 11.5 Å². The van der Waals surface area contributed by atoms with E-state index in [1.807, 2.05) is 82.3 Å². The Morgan fingerprint density at radius 3 is 2.60 bits per heavy atom. The molecule has 0 bridgehead atoms. The van der Waals surface area contributed by atoms with Crippen LogP contribution < -0.4 is 18.9 Å². The van der Waals surface area contributed by atoms with E-state index in [1.54, 1.807) is 7.11 Å². The molecule has 4 aromatic rings. The molecule has 0 N–H and O–H groups in total. The number of methoxy groups -OCH3 is 1. The first-order valence-electron chi connectivity index (χ1n) is 13.8. The van der Waals surface area contributed by atoms with Gasteiger partial charge in [0.05, 0.1) is 35.6 Å². The standard InChI is InChI=1S/C30H32N2O9S2/c1-36-24-12-14-28-26(20-24)32(15-5-7-17-37-40-41-42)30(39-28)21-29-31(16-6-8-18-43(33,34)35)25-19-23(11-13-27(25)38-29)22-9-3-2-4-10-22/h2-4,9-14,19-21H,5-8,15-18H2,1H3,(H-,33,34,35,42). The van der Waals surface area contributed by atoms with Crippen LogP contribution in [0.25, 0.3) is 28.3 Å². The first-order chi connectivity index (χ1) is 20.9. The van der Waals surface area contributed by atoms with Gasteiger partial charge in [0.15, 0.2) is 12.3 Å². The first kappa shape index (κ1) is 30.9. The maximum Gasteiger partial charge on any atom is 0.379 e. The van der Waals surface area contributed by atoms with Gasteiger partial charge >= 0.3 is 5.89 Å². The Balaban J connectivity index is 1.48. The van der Waals surface area contributed by atoms with E-state index in [-0.39, 0.29) is 6.42 Å². The molecular formula is C30H32N2O9S2. The fourth-order valence-corrected chi connectivity index (χ4v) is 5.54. The number of aromatic nitrogens is 1. The zero-order valence-electron chi connectivity index (χ0n) is 23.5. The molecule has 43 heavy (non-hydrogen) atoms. The number of nitrogens with zero attached hydrogens (tertiary/aromatic N) is 2. The third kappa shape index (κ3) is 7.88. The Kier molecular flexibility index (Phi) is 10.2. The monoisotopic (exact) mass is 628 g/mol. The molecule has 228 valence electrons. The molecule has 0 spiro atoms. The maximum absolute atomic E-state index is 11.2. The second-order valence-electron chi connectivity index (χ2n) is 9.85. The van der Waals surface area contributed by atoms with Crippen LogP contribution in [0.4, 0.5) is 5.69 Å². The first-order valence-corrected chi connectivity index (χ1v) is 15.7. The number of oxazole rings is 1. The third-order valence-electron chi connectivity index (χ3n) is 6.99. The highest BCUT2D eigenvalue weighted by atomic mass is 32.2. The summed E-state index contributed by atoms with van der Waals surface area (Å²) in [4.78, 5) is 6.86. The van der Waals surface area contributed by atoms with Gasteiger partial charge in [0.25, 0.3) is 5.52 Å². The van der Waals surface area contributed by atoms with Crippen LogP contribution in [0.5, 0.6) is 11.5 Å². The SMILES string of the molecule is COc1ccc2oc(/C=C3\Oc4ccc(-c5ccccc5)cc4N3CCCCS(=O)(=O)[O-])[n+](CCCCOOOS)c2c1. The van der Waals surface area contributed by atoms with Crippen molar-refractivity contribution in [2.75, 3.05) is 30.9 Å². The predicted molar refractivity (Wildman–Crippen MR) is 161 cm³/mol. The van der Waals surface area contributed by atoms with Crippen molar-refractivity contribution in [3.8, 4) is 22.6 Å². The van der Waals surface area contributed by atoms with E-state index in [9.17, 15) is 13.0 Å². The van der Waals surface area contributed by atoms with E-state index in [0.717, 1.165) is 28.8 Å². The van der Waals surface area contributed by atoms with Crippen molar-refractivity contribution < 1.29 is 45.7 Å². The second-order valence-corrected chi connectivity index (χ2v) is 11.5. The lowest BCUT2D eigenvalue weighted by molar-refractivity contribution is -0.678. The van der Waals surface area contributed by atoms with Crippen LogP contribution in [0.1, 0.15) is 31.6 Å². The number of thiol groups is 1. The van der Waals surface area contributed by atoms with Gasteiger partial charge in [0.1, 0.15) is 11.8 Å². The smallest absolute Gasteiger partial charge is 0.379 e. The average molecular weight is 629 g/mol. The minimum absolute atomic E-state index is 0.234. The molecule has 1 aromatic heterocycles. The van der Waals surface area contributed by atoms with Crippen molar-refractivity contribution in [2.45, 2.75) is 32.2 Å². The summed E-state index contributed by atoms with van der Waals surface area (Å²) in [5.74, 6) is 2.01. The zero-order valence-corrected chi connectivity index (χ0v) is 25.2. The van der Waals surface area contributed by atoms with Crippen molar-refractivity contribution in [1.82, 2.24) is 0 Å². The molecule has 0 saturated carbocycles. The molecule has 0 atom stereocenters. The molecule has 11 nitrogen and oxygen atoms in total. The number of benzene rings is 3. The quantitative estimate of drug-likeness (QED) is 0.0347. The maximum atomic E-state index is 11.2. The molecule has 0 aliphatic carbocycles. The van der Waals surface area contributed by atoms with Gasteiger partial charge < -0.3 is 23.3 Å². The van der Waals surface area contributed by atoms with E-state index in [0.29, 0.717) is 61.4 Å². The molecule has 2 heterocycles. The Bertz CT molecular complexity index is 1670. The Morgan fingerprint density at radius 1 is 1.00 bits per heavy atom. The summed E-state index contributed by atoms with van der Waals surface area (Å²) >= 11 is 3.47. The number of hydrogen-bond donors (Lipinski definition) is 1. The highest BCUT2D eigenvalue weighted by Crippen LogP contribution is 2.42. The van der Waals surface area contributed by atoms with Gasteiger partial charge in [-0.15, -0.1) is 4.33 Å². The van der Waals surface area contributed by atoms with Gasteiger partial charge in [-0.25, -0.2) is 13.3 Å². The molecule has 1 aliphatic rings. The van der Waals surface area contributed by atoms with E-state index in [1.165, 1.54) is 0 Å². The van der Waals surface area contributed by atoms with E-state index >= 15 is 0 Å². The minimum Gasteiger partial charge on any atom is -0.748 e. The number of hydrogen-bond acceptors (Lipinski definition) is 11. The van der Waals surface area contributed by atoms with Crippen molar-refractivity contribution in [3.05, 3.63) is 78.5 Å². The summed E-state index contributed by atoms with van der Waals surface area (Å²) in [5.41, 5.74) is 4.42. The summed E-state index contributed by atoms with van der Waals surface area (Å²) in [5, 5.41) is 4.36. The predicted octanol–water partition coefficient (Wildman–Crippen LogP) is 5.42. The van der Waals surface area contributed by atoms with Crippen LogP contribution in [-0.2, 0) is 30.9 Å². The topological polar surface area (TPSA) is 124 Å². The number of ether oxygens (including phenoxy) is 2. The lowest BCUT2D eigenvalue weighted by Gasteiger charge is -2.18. The molecule has 0 amide bonds. The van der Waals surface area contributed by atoms with E-state index in [2.05, 4.69) is 22.3 Å². The molecule has 13 heteroatoms. The Labute approximate surface area is 255 Å². The van der Waals surface area contributed by atoms with Gasteiger partial charge in [-0.3, -0.25) is 0 Å². The van der Waals surface area contributed by atoms with Crippen molar-refractivity contribution >= 4 is 45.9 Å². The summed E-state index contributed by atoms with van der Waals surface area (Å²) < 4.78 is 57.9. The highest BCUT2D eigenvalue weighted by molar-refractivity contribution is 7.85. The molecular weight excluding hydrogens is 596 g/mol. The second kappa shape index (κ2) is 14.3. The van der Waals surface area contributed by atoms with Crippen LogP contribution >= 0.6 is 12.9 Å². The fraction of sp³-hybridized carbons (Fsp3) is 0.300. The number of anilines is 1. The van der Waals surface area contributed by atoms with E-state index < -0.39 is 15.9 Å². The normalized spacial score (nSPS) is 13.9. The number of unbranched alkanes of at least 4 members (excludes halogenated alkanes) is 2. The lowest BCUT2D eigenvalue weighted by atomic mass is 10.0. The molecule has 3 aromatic carbocycles. The molecule has 0 saturated heterocycles. The van der Waals surface area contributed by atoms with Crippen LogP contribution in [0.3, 0.4) is 0 Å². The van der Waals surface area contributed by atoms with Gasteiger partial charge in [-0.2, -0.15) is 4.57 Å². The van der Waals surface area contributed by atoms with Crippen LogP contribution in [0, 0.1) is 0 Å². The molecule has 1 aliphatic heterocycles. The van der Waals surface area contributed by atoms with Crippen molar-refractivity contribution in [2.24, 2.45) is 0 Å². The third-order valence-corrected chi connectivity index (χ3v) is 7.84. The van der Waals surface area contributed by atoms with Crippen LogP contribution in [0.15, 0.2) is 77.0 Å². The Hall–Kier alpha value is -3.59. The number of aryl methyl sites for hydroxylation is 1. The summed E-state index contributed by atoms with van der Waals surface area (Å²) in [6.07, 6.45) is 3.94. The summed E-state index contributed by atoms with van der Waals surface area (Å²) in [6.45, 7) is 1.34. The van der Waals surface area contributed by atoms with E-state index in [4.69, 9.17) is 18.8 Å². The lowest BCUT2D eigenvalue weighted by Crippen LogP contribution is -2.36. The molecule has 0 radical (unpaired) electrons. The Morgan fingerprint density at radius 2 is 1.84 bits per heavy atom. The van der Waals surface area contributed by atoms with Gasteiger partial charge in [-0.05, 0) is 54.7 Å².